The molecule has 2 rings (SSSR count). The Bertz CT molecular complexity index is 774. The topological polar surface area (TPSA) is 98.9 Å². The lowest BCUT2D eigenvalue weighted by atomic mass is 10.2. The maximum Gasteiger partial charge on any atom is 0.331 e. The summed E-state index contributed by atoms with van der Waals surface area (Å²) in [6, 6.07) is 1.23. The number of amides is 1. The fourth-order valence-corrected chi connectivity index (χ4v) is 2.33. The van der Waals surface area contributed by atoms with Gasteiger partial charge in [-0.1, -0.05) is 25.2 Å². The number of rotatable bonds is 4. The van der Waals surface area contributed by atoms with Gasteiger partial charge in [-0.2, -0.15) is 0 Å². The van der Waals surface area contributed by atoms with Gasteiger partial charge in [0, 0.05) is 25.2 Å². The highest BCUT2D eigenvalue weighted by Gasteiger charge is 2.12. The lowest BCUT2D eigenvalue weighted by Gasteiger charge is -2.06. The average Bonchev–Trinajstić information content (AvgIpc) is 2.88. The third-order valence-electron chi connectivity index (χ3n) is 2.76. The average molecular weight is 309 g/mol. The van der Waals surface area contributed by atoms with Gasteiger partial charge in [0.25, 0.3) is 5.56 Å². The van der Waals surface area contributed by atoms with Crippen molar-refractivity contribution in [1.82, 2.24) is 19.3 Å². The Hall–Kier alpha value is -2.29. The summed E-state index contributed by atoms with van der Waals surface area (Å²) in [6.07, 6.45) is 1.30. The summed E-state index contributed by atoms with van der Waals surface area (Å²) in [7, 11) is 1.36. The number of carbonyl (C=O) groups excluding carboxylic acids is 1. The Labute approximate surface area is 124 Å². The fourth-order valence-electron chi connectivity index (χ4n) is 1.57. The number of nitrogens with zero attached hydrogens (tertiary/aromatic N) is 4. The predicted octanol–water partition coefficient (Wildman–Crippen LogP) is 0.161. The molecule has 1 N–H and O–H groups in total. The van der Waals surface area contributed by atoms with Crippen LogP contribution >= 0.6 is 11.3 Å². The molecule has 0 aliphatic carbocycles. The molecule has 2 aromatic heterocycles. The standard InChI is InChI=1S/C12H15N5O3S/c1-7(2)10-14-15-11(21-10)13-8(18)6-17-5-4-9(19)16(3)12(17)20/h4-5,7H,6H2,1-3H3,(H,13,15,18). The number of hydrogen-bond acceptors (Lipinski definition) is 6. The van der Waals surface area contributed by atoms with Crippen LogP contribution in [0.4, 0.5) is 5.13 Å². The maximum atomic E-state index is 11.9. The van der Waals surface area contributed by atoms with E-state index in [1.54, 1.807) is 0 Å². The van der Waals surface area contributed by atoms with E-state index in [0.29, 0.717) is 5.13 Å². The van der Waals surface area contributed by atoms with Crippen LogP contribution < -0.4 is 16.6 Å². The van der Waals surface area contributed by atoms with Crippen molar-refractivity contribution < 1.29 is 4.79 Å². The van der Waals surface area contributed by atoms with E-state index >= 15 is 0 Å². The normalized spacial score (nSPS) is 10.9. The van der Waals surface area contributed by atoms with E-state index < -0.39 is 17.2 Å². The van der Waals surface area contributed by atoms with Crippen molar-refractivity contribution in [2.24, 2.45) is 7.05 Å². The van der Waals surface area contributed by atoms with Crippen LogP contribution in [0.5, 0.6) is 0 Å². The summed E-state index contributed by atoms with van der Waals surface area (Å²) in [4.78, 5) is 34.9. The second-order valence-corrected chi connectivity index (χ2v) is 5.78. The number of anilines is 1. The molecule has 2 heterocycles. The van der Waals surface area contributed by atoms with Gasteiger partial charge in [-0.05, 0) is 0 Å². The molecule has 8 nitrogen and oxygen atoms in total. The number of aromatic nitrogens is 4. The van der Waals surface area contributed by atoms with Crippen molar-refractivity contribution in [2.45, 2.75) is 26.3 Å². The lowest BCUT2D eigenvalue weighted by molar-refractivity contribution is -0.116. The minimum Gasteiger partial charge on any atom is -0.299 e. The van der Waals surface area contributed by atoms with E-state index in [-0.39, 0.29) is 12.5 Å². The van der Waals surface area contributed by atoms with Crippen molar-refractivity contribution in [3.63, 3.8) is 0 Å². The van der Waals surface area contributed by atoms with Crippen LogP contribution in [0.2, 0.25) is 0 Å². The summed E-state index contributed by atoms with van der Waals surface area (Å²) >= 11 is 1.29. The molecule has 0 aliphatic rings. The minimum atomic E-state index is -0.544. The minimum absolute atomic E-state index is 0.191. The monoisotopic (exact) mass is 309 g/mol. The second-order valence-electron chi connectivity index (χ2n) is 4.77. The first kappa shape index (κ1) is 15.1. The fraction of sp³-hybridized carbons (Fsp3) is 0.417. The molecule has 0 aromatic carbocycles. The van der Waals surface area contributed by atoms with E-state index in [0.717, 1.165) is 14.1 Å². The van der Waals surface area contributed by atoms with E-state index in [9.17, 15) is 14.4 Å². The summed E-state index contributed by atoms with van der Waals surface area (Å²) in [6.45, 7) is 3.77. The van der Waals surface area contributed by atoms with Gasteiger partial charge in [0.15, 0.2) is 0 Å². The third-order valence-corrected chi connectivity index (χ3v) is 3.89. The number of hydrogen-bond donors (Lipinski definition) is 1. The van der Waals surface area contributed by atoms with Crippen molar-refractivity contribution in [3.8, 4) is 0 Å². The molecule has 0 saturated carbocycles. The van der Waals surface area contributed by atoms with Crippen LogP contribution in [-0.4, -0.2) is 25.2 Å². The molecule has 0 fully saturated rings. The SMILES string of the molecule is CC(C)c1nnc(NC(=O)Cn2ccc(=O)n(C)c2=O)s1. The van der Waals surface area contributed by atoms with E-state index in [4.69, 9.17) is 0 Å². The molecule has 2 aromatic rings. The van der Waals surface area contributed by atoms with Crippen molar-refractivity contribution in [1.29, 1.82) is 0 Å². The smallest absolute Gasteiger partial charge is 0.299 e. The molecule has 0 radical (unpaired) electrons. The van der Waals surface area contributed by atoms with E-state index in [2.05, 4.69) is 15.5 Å². The van der Waals surface area contributed by atoms with Gasteiger partial charge in [-0.25, -0.2) is 4.79 Å². The zero-order chi connectivity index (χ0) is 15.6. The van der Waals surface area contributed by atoms with Gasteiger partial charge in [-0.15, -0.1) is 10.2 Å². The van der Waals surface area contributed by atoms with Crippen molar-refractivity contribution >= 4 is 22.4 Å². The van der Waals surface area contributed by atoms with Gasteiger partial charge in [0.2, 0.25) is 11.0 Å². The number of nitrogens with one attached hydrogen (secondary N) is 1. The molecule has 0 bridgehead atoms. The zero-order valence-electron chi connectivity index (χ0n) is 11.9. The van der Waals surface area contributed by atoms with Gasteiger partial charge >= 0.3 is 5.69 Å². The quantitative estimate of drug-likeness (QED) is 0.867. The third kappa shape index (κ3) is 3.43. The molecular weight excluding hydrogens is 294 g/mol. The molecule has 0 atom stereocenters. The molecule has 112 valence electrons. The van der Waals surface area contributed by atoms with Crippen molar-refractivity contribution in [2.75, 3.05) is 5.32 Å². The van der Waals surface area contributed by atoms with Crippen LogP contribution in [-0.2, 0) is 18.4 Å². The Morgan fingerprint density at radius 1 is 1.38 bits per heavy atom. The first-order valence-corrected chi connectivity index (χ1v) is 7.10. The maximum absolute atomic E-state index is 11.9. The molecule has 9 heteroatoms. The predicted molar refractivity (Wildman–Crippen MR) is 78.6 cm³/mol. The zero-order valence-corrected chi connectivity index (χ0v) is 12.7. The lowest BCUT2D eigenvalue weighted by Crippen LogP contribution is -2.38. The molecule has 0 unspecified atom stereocenters. The first-order chi connectivity index (χ1) is 9.88. The van der Waals surface area contributed by atoms with Gasteiger partial charge in [0.05, 0.1) is 0 Å². The summed E-state index contributed by atoms with van der Waals surface area (Å²) in [5, 5.41) is 11.6. The largest absolute Gasteiger partial charge is 0.331 e. The molecule has 0 saturated heterocycles. The number of carbonyl (C=O) groups is 1. The van der Waals surface area contributed by atoms with Crippen LogP contribution in [0.3, 0.4) is 0 Å². The highest BCUT2D eigenvalue weighted by molar-refractivity contribution is 7.15. The summed E-state index contributed by atoms with van der Waals surface area (Å²) < 4.78 is 2.09. The molecule has 0 spiro atoms. The Kier molecular flexibility index (Phi) is 4.32. The molecular formula is C12H15N5O3S. The van der Waals surface area contributed by atoms with Gasteiger partial charge in [-0.3, -0.25) is 24.0 Å². The van der Waals surface area contributed by atoms with Crippen LogP contribution in [0.25, 0.3) is 0 Å². The molecule has 1 amide bonds. The molecule has 21 heavy (non-hydrogen) atoms. The van der Waals surface area contributed by atoms with Gasteiger partial charge < -0.3 is 0 Å². The summed E-state index contributed by atoms with van der Waals surface area (Å²) in [5.41, 5.74) is -0.958. The van der Waals surface area contributed by atoms with Crippen LogP contribution in [0.15, 0.2) is 21.9 Å². The van der Waals surface area contributed by atoms with Crippen molar-refractivity contribution in [3.05, 3.63) is 38.1 Å². The second kappa shape index (κ2) is 6.00. The van der Waals surface area contributed by atoms with E-state index in [1.165, 1.54) is 30.6 Å². The van der Waals surface area contributed by atoms with Gasteiger partial charge in [0.1, 0.15) is 11.6 Å². The van der Waals surface area contributed by atoms with Crippen LogP contribution in [0, 0.1) is 0 Å². The van der Waals surface area contributed by atoms with E-state index in [1.807, 2.05) is 13.8 Å². The Morgan fingerprint density at radius 2 is 2.10 bits per heavy atom. The highest BCUT2D eigenvalue weighted by atomic mass is 32.1. The Balaban J connectivity index is 2.10. The Morgan fingerprint density at radius 3 is 2.71 bits per heavy atom. The molecule has 0 aliphatic heterocycles. The first-order valence-electron chi connectivity index (χ1n) is 6.28. The summed E-state index contributed by atoms with van der Waals surface area (Å²) in [5.74, 6) is -0.165. The highest BCUT2D eigenvalue weighted by Crippen LogP contribution is 2.22. The van der Waals surface area contributed by atoms with Crippen LogP contribution in [0.1, 0.15) is 24.8 Å².